The average Bonchev–Trinajstić information content (AvgIpc) is 2.77. The average molecular weight is 333 g/mol. The second-order valence-electron chi connectivity index (χ2n) is 4.28. The lowest BCUT2D eigenvalue weighted by atomic mass is 10.0. The Morgan fingerprint density at radius 3 is 2.67 bits per heavy atom. The highest BCUT2D eigenvalue weighted by Gasteiger charge is 2.21. The molecule has 0 saturated carbocycles. The minimum Gasteiger partial charge on any atom is -0.338 e. The standard InChI is InChI=1S/C13H21BrN2OS/c1-3-5-10(8-15)13(17)16(4-2)9-11-6-7-12(14)18-11/h6-7,10H,3-5,8-9,15H2,1-2H3. The molecule has 0 aliphatic carbocycles. The molecule has 0 radical (unpaired) electrons. The molecule has 1 unspecified atom stereocenters. The van der Waals surface area contributed by atoms with Crippen LogP contribution in [0.2, 0.25) is 0 Å². The first-order valence-corrected chi connectivity index (χ1v) is 7.96. The second kappa shape index (κ2) is 7.92. The van der Waals surface area contributed by atoms with E-state index in [4.69, 9.17) is 5.73 Å². The molecule has 0 bridgehead atoms. The number of nitrogens with zero attached hydrogens (tertiary/aromatic N) is 1. The minimum atomic E-state index is -0.0293. The van der Waals surface area contributed by atoms with E-state index in [-0.39, 0.29) is 11.8 Å². The maximum Gasteiger partial charge on any atom is 0.227 e. The van der Waals surface area contributed by atoms with Crippen LogP contribution in [0.15, 0.2) is 15.9 Å². The van der Waals surface area contributed by atoms with E-state index in [1.165, 1.54) is 4.88 Å². The summed E-state index contributed by atoms with van der Waals surface area (Å²) in [7, 11) is 0. The molecule has 1 atom stereocenters. The van der Waals surface area contributed by atoms with Gasteiger partial charge in [0.2, 0.25) is 5.91 Å². The van der Waals surface area contributed by atoms with Crippen LogP contribution in [0.5, 0.6) is 0 Å². The van der Waals surface area contributed by atoms with Gasteiger partial charge >= 0.3 is 0 Å². The van der Waals surface area contributed by atoms with Crippen molar-refractivity contribution in [2.45, 2.75) is 33.2 Å². The lowest BCUT2D eigenvalue weighted by molar-refractivity contribution is -0.135. The molecule has 0 saturated heterocycles. The maximum absolute atomic E-state index is 12.3. The third-order valence-electron chi connectivity index (χ3n) is 2.94. The van der Waals surface area contributed by atoms with E-state index in [9.17, 15) is 4.79 Å². The summed E-state index contributed by atoms with van der Waals surface area (Å²) in [6.07, 6.45) is 1.87. The van der Waals surface area contributed by atoms with Crippen molar-refractivity contribution in [2.75, 3.05) is 13.1 Å². The molecule has 3 nitrogen and oxygen atoms in total. The van der Waals surface area contributed by atoms with Crippen LogP contribution in [0, 0.1) is 5.92 Å². The van der Waals surface area contributed by atoms with Crippen molar-refractivity contribution in [3.63, 3.8) is 0 Å². The van der Waals surface area contributed by atoms with Crippen molar-refractivity contribution >= 4 is 33.2 Å². The Morgan fingerprint density at radius 1 is 1.50 bits per heavy atom. The highest BCUT2D eigenvalue weighted by Crippen LogP contribution is 2.24. The monoisotopic (exact) mass is 332 g/mol. The smallest absolute Gasteiger partial charge is 0.227 e. The van der Waals surface area contributed by atoms with Crippen molar-refractivity contribution < 1.29 is 4.79 Å². The van der Waals surface area contributed by atoms with Gasteiger partial charge in [-0.25, -0.2) is 0 Å². The predicted molar refractivity (Wildman–Crippen MR) is 80.6 cm³/mol. The Morgan fingerprint density at radius 2 is 2.22 bits per heavy atom. The number of thiophene rings is 1. The van der Waals surface area contributed by atoms with E-state index in [1.54, 1.807) is 11.3 Å². The Labute approximate surface area is 121 Å². The topological polar surface area (TPSA) is 46.3 Å². The Balaban J connectivity index is 2.67. The zero-order chi connectivity index (χ0) is 13.5. The number of nitrogens with two attached hydrogens (primary N) is 1. The van der Waals surface area contributed by atoms with Crippen molar-refractivity contribution in [2.24, 2.45) is 11.7 Å². The molecular formula is C13H21BrN2OS. The maximum atomic E-state index is 12.3. The molecule has 1 amide bonds. The highest BCUT2D eigenvalue weighted by atomic mass is 79.9. The van der Waals surface area contributed by atoms with Gasteiger partial charge < -0.3 is 10.6 Å². The number of hydrogen-bond donors (Lipinski definition) is 1. The van der Waals surface area contributed by atoms with Crippen LogP contribution in [0.4, 0.5) is 0 Å². The summed E-state index contributed by atoms with van der Waals surface area (Å²) in [4.78, 5) is 15.4. The fraction of sp³-hybridized carbons (Fsp3) is 0.615. The summed E-state index contributed by atoms with van der Waals surface area (Å²) in [5.41, 5.74) is 5.70. The molecule has 0 aliphatic rings. The fourth-order valence-corrected chi connectivity index (χ4v) is 3.42. The fourth-order valence-electron chi connectivity index (χ4n) is 1.92. The van der Waals surface area contributed by atoms with E-state index in [2.05, 4.69) is 28.9 Å². The second-order valence-corrected chi connectivity index (χ2v) is 6.83. The lowest BCUT2D eigenvalue weighted by Gasteiger charge is -2.25. The quantitative estimate of drug-likeness (QED) is 0.833. The zero-order valence-corrected chi connectivity index (χ0v) is 13.4. The van der Waals surface area contributed by atoms with Crippen molar-refractivity contribution in [1.29, 1.82) is 0 Å². The van der Waals surface area contributed by atoms with Crippen LogP contribution in [0.25, 0.3) is 0 Å². The van der Waals surface area contributed by atoms with Crippen LogP contribution in [0.3, 0.4) is 0 Å². The summed E-state index contributed by atoms with van der Waals surface area (Å²) < 4.78 is 1.10. The Hall–Kier alpha value is -0.390. The molecule has 18 heavy (non-hydrogen) atoms. The highest BCUT2D eigenvalue weighted by molar-refractivity contribution is 9.11. The van der Waals surface area contributed by atoms with E-state index < -0.39 is 0 Å². The molecule has 102 valence electrons. The first kappa shape index (κ1) is 15.7. The molecule has 1 aromatic rings. The van der Waals surface area contributed by atoms with E-state index in [0.29, 0.717) is 13.1 Å². The molecule has 2 N–H and O–H groups in total. The summed E-state index contributed by atoms with van der Waals surface area (Å²) >= 11 is 5.12. The third-order valence-corrected chi connectivity index (χ3v) is 4.55. The van der Waals surface area contributed by atoms with Crippen molar-refractivity contribution in [3.05, 3.63) is 20.8 Å². The number of amides is 1. The molecule has 0 fully saturated rings. The summed E-state index contributed by atoms with van der Waals surface area (Å²) in [5.74, 6) is 0.157. The van der Waals surface area contributed by atoms with Gasteiger partial charge in [-0.05, 0) is 41.4 Å². The van der Waals surface area contributed by atoms with Gasteiger partial charge in [-0.2, -0.15) is 0 Å². The summed E-state index contributed by atoms with van der Waals surface area (Å²) in [6, 6.07) is 4.08. The summed E-state index contributed by atoms with van der Waals surface area (Å²) in [6.45, 7) is 5.96. The van der Waals surface area contributed by atoms with Crippen LogP contribution >= 0.6 is 27.3 Å². The van der Waals surface area contributed by atoms with Gasteiger partial charge in [-0.1, -0.05) is 13.3 Å². The van der Waals surface area contributed by atoms with Gasteiger partial charge in [0, 0.05) is 18.0 Å². The van der Waals surface area contributed by atoms with Crippen LogP contribution in [0.1, 0.15) is 31.6 Å². The van der Waals surface area contributed by atoms with Gasteiger partial charge in [0.1, 0.15) is 0 Å². The van der Waals surface area contributed by atoms with Crippen LogP contribution in [-0.4, -0.2) is 23.9 Å². The van der Waals surface area contributed by atoms with Gasteiger partial charge in [0.05, 0.1) is 16.2 Å². The molecule has 1 aromatic heterocycles. The van der Waals surface area contributed by atoms with Gasteiger partial charge in [0.15, 0.2) is 0 Å². The third kappa shape index (κ3) is 4.37. The number of halogens is 1. The first-order valence-electron chi connectivity index (χ1n) is 6.35. The predicted octanol–water partition coefficient (Wildman–Crippen LogP) is 3.23. The number of carbonyl (C=O) groups excluding carboxylic acids is 1. The molecular weight excluding hydrogens is 312 g/mol. The molecule has 1 heterocycles. The van der Waals surface area contributed by atoms with Gasteiger partial charge in [0.25, 0.3) is 0 Å². The number of rotatable bonds is 7. The van der Waals surface area contributed by atoms with Crippen LogP contribution in [-0.2, 0) is 11.3 Å². The van der Waals surface area contributed by atoms with Crippen molar-refractivity contribution in [3.8, 4) is 0 Å². The summed E-state index contributed by atoms with van der Waals surface area (Å²) in [5, 5.41) is 0. The van der Waals surface area contributed by atoms with E-state index in [0.717, 1.165) is 23.2 Å². The van der Waals surface area contributed by atoms with Gasteiger partial charge in [-0.3, -0.25) is 4.79 Å². The molecule has 5 heteroatoms. The molecule has 1 rings (SSSR count). The van der Waals surface area contributed by atoms with E-state index >= 15 is 0 Å². The van der Waals surface area contributed by atoms with E-state index in [1.807, 2.05) is 17.9 Å². The minimum absolute atomic E-state index is 0.0293. The zero-order valence-electron chi connectivity index (χ0n) is 11.0. The molecule has 0 spiro atoms. The largest absolute Gasteiger partial charge is 0.338 e. The molecule has 0 aliphatic heterocycles. The number of hydrogen-bond acceptors (Lipinski definition) is 3. The Kier molecular flexibility index (Phi) is 6.89. The Bertz CT molecular complexity index is 381. The first-order chi connectivity index (χ1) is 8.62. The molecule has 0 aromatic carbocycles. The normalized spacial score (nSPS) is 12.4. The van der Waals surface area contributed by atoms with Gasteiger partial charge in [-0.15, -0.1) is 11.3 Å². The van der Waals surface area contributed by atoms with Crippen molar-refractivity contribution in [1.82, 2.24) is 4.90 Å². The van der Waals surface area contributed by atoms with Crippen LogP contribution < -0.4 is 5.73 Å². The lowest BCUT2D eigenvalue weighted by Crippen LogP contribution is -2.38. The SMILES string of the molecule is CCCC(CN)C(=O)N(CC)Cc1ccc(Br)s1. The number of carbonyl (C=O) groups is 1.